The quantitative estimate of drug-likeness (QED) is 0.741. The Morgan fingerprint density at radius 3 is 2.67 bits per heavy atom. The summed E-state index contributed by atoms with van der Waals surface area (Å²) in [4.78, 5) is 6.52. The fourth-order valence-electron chi connectivity index (χ4n) is 2.12. The molecule has 0 radical (unpaired) electrons. The van der Waals surface area contributed by atoms with E-state index in [2.05, 4.69) is 65.1 Å². The van der Waals surface area contributed by atoms with Gasteiger partial charge >= 0.3 is 0 Å². The Hall–Kier alpha value is -1.43. The van der Waals surface area contributed by atoms with E-state index in [4.69, 9.17) is 4.74 Å². The number of nitrogens with zero attached hydrogens (tertiary/aromatic N) is 2. The molecule has 0 aliphatic rings. The van der Waals surface area contributed by atoms with Crippen LogP contribution in [0.25, 0.3) is 0 Å². The van der Waals surface area contributed by atoms with Crippen molar-refractivity contribution in [3.63, 3.8) is 0 Å². The molecule has 0 saturated heterocycles. The third-order valence-corrected chi connectivity index (χ3v) is 4.70. The first-order valence-corrected chi connectivity index (χ1v) is 8.87. The van der Waals surface area contributed by atoms with Crippen LogP contribution in [0, 0.1) is 0 Å². The van der Waals surface area contributed by atoms with Crippen molar-refractivity contribution in [3.05, 3.63) is 58.3 Å². The number of halogens is 1. The Balaban J connectivity index is 1.99. The van der Waals surface area contributed by atoms with Gasteiger partial charge in [-0.1, -0.05) is 22.0 Å². The number of likely N-dealkylation sites (N-methyl/N-ethyl adjacent to an activating group) is 1. The van der Waals surface area contributed by atoms with Crippen LogP contribution in [0.4, 0.5) is 0 Å². The Bertz CT molecular complexity index is 644. The summed E-state index contributed by atoms with van der Waals surface area (Å²) in [6.07, 6.45) is 1.78. The van der Waals surface area contributed by atoms with Gasteiger partial charge in [-0.05, 0) is 58.3 Å². The summed E-state index contributed by atoms with van der Waals surface area (Å²) in [5.74, 6) is 0.888. The Kier molecular flexibility index (Phi) is 6.78. The maximum Gasteiger partial charge on any atom is 0.130 e. The van der Waals surface area contributed by atoms with E-state index >= 15 is 0 Å². The zero-order valence-corrected chi connectivity index (χ0v) is 16.4. The largest absolute Gasteiger partial charge is 0.487 e. The highest BCUT2D eigenvalue weighted by molar-refractivity contribution is 9.10. The van der Waals surface area contributed by atoms with Gasteiger partial charge < -0.3 is 15.0 Å². The molecule has 0 fully saturated rings. The highest BCUT2D eigenvalue weighted by Crippen LogP contribution is 2.24. The number of pyridine rings is 1. The molecule has 24 heavy (non-hydrogen) atoms. The van der Waals surface area contributed by atoms with E-state index in [9.17, 15) is 0 Å². The SMILES string of the molecule is CN(C)C(C)(C)CNCc1cc(Br)ccc1OCc1ccccn1. The van der Waals surface area contributed by atoms with Gasteiger partial charge in [0, 0.05) is 34.9 Å². The minimum Gasteiger partial charge on any atom is -0.487 e. The lowest BCUT2D eigenvalue weighted by Crippen LogP contribution is -2.46. The number of ether oxygens (including phenoxy) is 1. The van der Waals surface area contributed by atoms with Crippen molar-refractivity contribution in [2.45, 2.75) is 32.5 Å². The molecule has 1 aromatic carbocycles. The molecule has 0 unspecified atom stereocenters. The normalized spacial score (nSPS) is 11.8. The van der Waals surface area contributed by atoms with E-state index in [1.54, 1.807) is 6.20 Å². The molecule has 0 saturated carbocycles. The molecule has 1 heterocycles. The van der Waals surface area contributed by atoms with Crippen LogP contribution >= 0.6 is 15.9 Å². The zero-order chi connectivity index (χ0) is 17.6. The third kappa shape index (κ3) is 5.58. The molecule has 1 N–H and O–H groups in total. The average Bonchev–Trinajstić information content (AvgIpc) is 2.55. The van der Waals surface area contributed by atoms with Crippen molar-refractivity contribution in [3.8, 4) is 5.75 Å². The van der Waals surface area contributed by atoms with Crippen molar-refractivity contribution in [2.75, 3.05) is 20.6 Å². The molecular weight excluding hydrogens is 366 g/mol. The molecule has 0 amide bonds. The predicted molar refractivity (Wildman–Crippen MR) is 102 cm³/mol. The Morgan fingerprint density at radius 2 is 2.00 bits per heavy atom. The van der Waals surface area contributed by atoms with Crippen LogP contribution < -0.4 is 10.1 Å². The van der Waals surface area contributed by atoms with Crippen molar-refractivity contribution in [1.82, 2.24) is 15.2 Å². The lowest BCUT2D eigenvalue weighted by atomic mass is 10.0. The molecule has 0 aliphatic heterocycles. The number of aromatic nitrogens is 1. The molecule has 0 spiro atoms. The van der Waals surface area contributed by atoms with Gasteiger partial charge in [-0.2, -0.15) is 0 Å². The van der Waals surface area contributed by atoms with Gasteiger partial charge in [0.1, 0.15) is 12.4 Å². The lowest BCUT2D eigenvalue weighted by molar-refractivity contribution is 0.189. The first-order valence-electron chi connectivity index (χ1n) is 8.08. The number of nitrogens with one attached hydrogen (secondary N) is 1. The van der Waals surface area contributed by atoms with Crippen molar-refractivity contribution in [1.29, 1.82) is 0 Å². The lowest BCUT2D eigenvalue weighted by Gasteiger charge is -2.32. The molecule has 4 nitrogen and oxygen atoms in total. The van der Waals surface area contributed by atoms with Crippen LogP contribution in [-0.2, 0) is 13.2 Å². The van der Waals surface area contributed by atoms with Gasteiger partial charge in [0.25, 0.3) is 0 Å². The van der Waals surface area contributed by atoms with Crippen LogP contribution in [0.1, 0.15) is 25.1 Å². The fourth-order valence-corrected chi connectivity index (χ4v) is 2.53. The van der Waals surface area contributed by atoms with Gasteiger partial charge in [-0.25, -0.2) is 0 Å². The standard InChI is InChI=1S/C19H26BrN3O/c1-19(2,23(3)4)14-21-12-15-11-16(20)8-9-18(15)24-13-17-7-5-6-10-22-17/h5-11,21H,12-14H2,1-4H3. The highest BCUT2D eigenvalue weighted by Gasteiger charge is 2.19. The maximum atomic E-state index is 5.97. The predicted octanol–water partition coefficient (Wildman–Crippen LogP) is 3.85. The second-order valence-corrected chi connectivity index (χ2v) is 7.59. The fraction of sp³-hybridized carbons (Fsp3) is 0.421. The summed E-state index contributed by atoms with van der Waals surface area (Å²) in [7, 11) is 4.20. The number of benzene rings is 1. The summed E-state index contributed by atoms with van der Waals surface area (Å²) < 4.78 is 7.03. The summed E-state index contributed by atoms with van der Waals surface area (Å²) in [6, 6.07) is 12.0. The van der Waals surface area contributed by atoms with Crippen molar-refractivity contribution < 1.29 is 4.74 Å². The number of hydrogen-bond acceptors (Lipinski definition) is 4. The van der Waals surface area contributed by atoms with Crippen LogP contribution in [0.15, 0.2) is 47.1 Å². The molecule has 0 aliphatic carbocycles. The van der Waals surface area contributed by atoms with E-state index in [1.807, 2.05) is 30.3 Å². The summed E-state index contributed by atoms with van der Waals surface area (Å²) in [5, 5.41) is 3.53. The van der Waals surface area contributed by atoms with Gasteiger partial charge in [-0.15, -0.1) is 0 Å². The van der Waals surface area contributed by atoms with Gasteiger partial charge in [0.2, 0.25) is 0 Å². The molecule has 0 atom stereocenters. The molecule has 2 aromatic rings. The maximum absolute atomic E-state index is 5.97. The number of rotatable bonds is 8. The summed E-state index contributed by atoms with van der Waals surface area (Å²) in [5.41, 5.74) is 2.16. The van der Waals surface area contributed by atoms with Gasteiger partial charge in [-0.3, -0.25) is 4.98 Å². The van der Waals surface area contributed by atoms with Crippen molar-refractivity contribution >= 4 is 15.9 Å². The first-order chi connectivity index (χ1) is 11.4. The van der Waals surface area contributed by atoms with Crippen LogP contribution in [0.5, 0.6) is 5.75 Å². The smallest absolute Gasteiger partial charge is 0.130 e. The van der Waals surface area contributed by atoms with E-state index in [1.165, 1.54) is 0 Å². The summed E-state index contributed by atoms with van der Waals surface area (Å²) in [6.45, 7) is 6.57. The summed E-state index contributed by atoms with van der Waals surface area (Å²) >= 11 is 3.54. The van der Waals surface area contributed by atoms with Crippen LogP contribution in [0.2, 0.25) is 0 Å². The average molecular weight is 392 g/mol. The highest BCUT2D eigenvalue weighted by atomic mass is 79.9. The van der Waals surface area contributed by atoms with E-state index in [0.29, 0.717) is 6.61 Å². The number of hydrogen-bond donors (Lipinski definition) is 1. The molecule has 5 heteroatoms. The molecular formula is C19H26BrN3O. The van der Waals surface area contributed by atoms with Crippen LogP contribution in [-0.4, -0.2) is 36.1 Å². The monoisotopic (exact) mass is 391 g/mol. The second-order valence-electron chi connectivity index (χ2n) is 6.67. The van der Waals surface area contributed by atoms with E-state index < -0.39 is 0 Å². The van der Waals surface area contributed by atoms with Crippen LogP contribution in [0.3, 0.4) is 0 Å². The second kappa shape index (κ2) is 8.60. The molecule has 130 valence electrons. The minimum atomic E-state index is 0.0982. The van der Waals surface area contributed by atoms with E-state index in [0.717, 1.165) is 34.6 Å². The minimum absolute atomic E-state index is 0.0982. The Morgan fingerprint density at radius 1 is 1.21 bits per heavy atom. The van der Waals surface area contributed by atoms with Gasteiger partial charge in [0.05, 0.1) is 5.69 Å². The topological polar surface area (TPSA) is 37.4 Å². The molecule has 1 aromatic heterocycles. The van der Waals surface area contributed by atoms with Gasteiger partial charge in [0.15, 0.2) is 0 Å². The zero-order valence-electron chi connectivity index (χ0n) is 14.8. The molecule has 0 bridgehead atoms. The molecule has 2 rings (SSSR count). The Labute approximate surface area is 153 Å². The van der Waals surface area contributed by atoms with Crippen molar-refractivity contribution in [2.24, 2.45) is 0 Å². The first kappa shape index (κ1) is 18.9. The van der Waals surface area contributed by atoms with E-state index in [-0.39, 0.29) is 5.54 Å². The third-order valence-electron chi connectivity index (χ3n) is 4.21.